The molecule has 20 heavy (non-hydrogen) atoms. The first-order valence-electron chi connectivity index (χ1n) is 5.48. The number of carbonyl (C=O) groups is 1. The molecule has 0 atom stereocenters. The number of nitro benzene ring substituents is 1. The minimum Gasteiger partial charge on any atom is -0.322 e. The Labute approximate surface area is 112 Å². The van der Waals surface area contributed by atoms with Crippen LogP contribution in [0, 0.1) is 21.7 Å². The van der Waals surface area contributed by atoms with E-state index in [0.717, 1.165) is 12.1 Å². The van der Waals surface area contributed by atoms with Crippen molar-refractivity contribution in [3.8, 4) is 0 Å². The first-order valence-corrected chi connectivity index (χ1v) is 5.48. The van der Waals surface area contributed by atoms with Crippen molar-refractivity contribution in [1.29, 1.82) is 0 Å². The van der Waals surface area contributed by atoms with Gasteiger partial charge in [0.25, 0.3) is 11.6 Å². The normalized spacial score (nSPS) is 10.1. The quantitative estimate of drug-likeness (QED) is 0.692. The van der Waals surface area contributed by atoms with Crippen LogP contribution in [0.15, 0.2) is 42.5 Å². The van der Waals surface area contributed by atoms with E-state index in [-0.39, 0.29) is 16.9 Å². The summed E-state index contributed by atoms with van der Waals surface area (Å²) in [5, 5.41) is 13.0. The SMILES string of the molecule is O=C(Nc1cc(F)cc(F)c1)c1ccccc1[N+](=O)[O-]. The summed E-state index contributed by atoms with van der Waals surface area (Å²) in [7, 11) is 0. The highest BCUT2D eigenvalue weighted by atomic mass is 19.1. The van der Waals surface area contributed by atoms with E-state index in [1.807, 2.05) is 0 Å². The second kappa shape index (κ2) is 5.43. The van der Waals surface area contributed by atoms with Crippen molar-refractivity contribution in [2.45, 2.75) is 0 Å². The van der Waals surface area contributed by atoms with Gasteiger partial charge >= 0.3 is 0 Å². The van der Waals surface area contributed by atoms with Crippen LogP contribution in [0.4, 0.5) is 20.2 Å². The Kier molecular flexibility index (Phi) is 3.69. The lowest BCUT2D eigenvalue weighted by molar-refractivity contribution is -0.385. The Morgan fingerprint density at radius 2 is 1.70 bits per heavy atom. The van der Waals surface area contributed by atoms with Gasteiger partial charge in [-0.05, 0) is 18.2 Å². The number of nitrogens with one attached hydrogen (secondary N) is 1. The number of para-hydroxylation sites is 1. The van der Waals surface area contributed by atoms with E-state index >= 15 is 0 Å². The standard InChI is InChI=1S/C13H8F2N2O3/c14-8-5-9(15)7-10(6-8)16-13(18)11-3-1-2-4-12(11)17(19)20/h1-7H,(H,16,18). The Balaban J connectivity index is 2.31. The average molecular weight is 278 g/mol. The second-order valence-electron chi connectivity index (χ2n) is 3.89. The summed E-state index contributed by atoms with van der Waals surface area (Å²) in [4.78, 5) is 22.0. The Morgan fingerprint density at radius 1 is 1.10 bits per heavy atom. The summed E-state index contributed by atoms with van der Waals surface area (Å²) >= 11 is 0. The Hall–Kier alpha value is -2.83. The van der Waals surface area contributed by atoms with Crippen molar-refractivity contribution < 1.29 is 18.5 Å². The fraction of sp³-hybridized carbons (Fsp3) is 0. The number of benzene rings is 2. The molecule has 1 amide bonds. The maximum Gasteiger partial charge on any atom is 0.282 e. The zero-order valence-corrected chi connectivity index (χ0v) is 9.97. The molecule has 0 aromatic heterocycles. The van der Waals surface area contributed by atoms with Gasteiger partial charge in [-0.1, -0.05) is 12.1 Å². The fourth-order valence-electron chi connectivity index (χ4n) is 1.65. The maximum absolute atomic E-state index is 13.0. The first-order chi connectivity index (χ1) is 9.47. The molecule has 0 radical (unpaired) electrons. The van der Waals surface area contributed by atoms with E-state index in [1.165, 1.54) is 24.3 Å². The number of amides is 1. The number of nitrogens with zero attached hydrogens (tertiary/aromatic N) is 1. The molecule has 0 unspecified atom stereocenters. The van der Waals surface area contributed by atoms with Crippen LogP contribution in [0.3, 0.4) is 0 Å². The Morgan fingerprint density at radius 3 is 2.30 bits per heavy atom. The van der Waals surface area contributed by atoms with Crippen molar-refractivity contribution in [3.05, 3.63) is 69.8 Å². The fourth-order valence-corrected chi connectivity index (χ4v) is 1.65. The van der Waals surface area contributed by atoms with Crippen LogP contribution in [-0.4, -0.2) is 10.8 Å². The molecule has 0 fully saturated rings. The van der Waals surface area contributed by atoms with Crippen LogP contribution in [0.1, 0.15) is 10.4 Å². The lowest BCUT2D eigenvalue weighted by atomic mass is 10.1. The van der Waals surface area contributed by atoms with E-state index < -0.39 is 22.5 Å². The van der Waals surface area contributed by atoms with Gasteiger partial charge in [-0.25, -0.2) is 8.78 Å². The molecule has 0 bridgehead atoms. The summed E-state index contributed by atoms with van der Waals surface area (Å²) in [6, 6.07) is 7.77. The highest BCUT2D eigenvalue weighted by molar-refractivity contribution is 6.07. The van der Waals surface area contributed by atoms with Crippen molar-refractivity contribution in [2.24, 2.45) is 0 Å². The van der Waals surface area contributed by atoms with Gasteiger partial charge in [0.2, 0.25) is 0 Å². The van der Waals surface area contributed by atoms with Crippen LogP contribution >= 0.6 is 0 Å². The summed E-state index contributed by atoms with van der Waals surface area (Å²) in [5.74, 6) is -2.53. The zero-order chi connectivity index (χ0) is 14.7. The van der Waals surface area contributed by atoms with E-state index in [0.29, 0.717) is 6.07 Å². The molecule has 102 valence electrons. The number of rotatable bonds is 3. The van der Waals surface area contributed by atoms with E-state index in [9.17, 15) is 23.7 Å². The predicted octanol–water partition coefficient (Wildman–Crippen LogP) is 3.13. The molecule has 0 spiro atoms. The van der Waals surface area contributed by atoms with E-state index in [2.05, 4.69) is 5.32 Å². The molecular weight excluding hydrogens is 270 g/mol. The smallest absolute Gasteiger partial charge is 0.282 e. The molecule has 0 saturated carbocycles. The lowest BCUT2D eigenvalue weighted by Gasteiger charge is -2.06. The van der Waals surface area contributed by atoms with Crippen LogP contribution in [0.5, 0.6) is 0 Å². The number of hydrogen-bond donors (Lipinski definition) is 1. The van der Waals surface area contributed by atoms with Crippen LogP contribution in [0.25, 0.3) is 0 Å². The highest BCUT2D eigenvalue weighted by Crippen LogP contribution is 2.20. The van der Waals surface area contributed by atoms with Gasteiger partial charge in [-0.2, -0.15) is 0 Å². The molecular formula is C13H8F2N2O3. The van der Waals surface area contributed by atoms with Gasteiger partial charge in [0.1, 0.15) is 17.2 Å². The number of hydrogen-bond acceptors (Lipinski definition) is 3. The summed E-state index contributed by atoms with van der Waals surface area (Å²) in [6.07, 6.45) is 0. The number of anilines is 1. The van der Waals surface area contributed by atoms with E-state index in [4.69, 9.17) is 0 Å². The molecule has 0 heterocycles. The van der Waals surface area contributed by atoms with Crippen LogP contribution < -0.4 is 5.32 Å². The summed E-state index contributed by atoms with van der Waals surface area (Å²) < 4.78 is 26.0. The molecule has 2 aromatic carbocycles. The van der Waals surface area contributed by atoms with Crippen LogP contribution in [0.2, 0.25) is 0 Å². The van der Waals surface area contributed by atoms with Gasteiger partial charge in [-0.3, -0.25) is 14.9 Å². The average Bonchev–Trinajstić information content (AvgIpc) is 2.37. The van der Waals surface area contributed by atoms with Gasteiger partial charge in [-0.15, -0.1) is 0 Å². The largest absolute Gasteiger partial charge is 0.322 e. The molecule has 0 aliphatic rings. The first kappa shape index (κ1) is 13.6. The molecule has 5 nitrogen and oxygen atoms in total. The molecule has 0 aliphatic carbocycles. The summed E-state index contributed by atoms with van der Waals surface area (Å²) in [5.41, 5.74) is -0.699. The molecule has 7 heteroatoms. The third-order valence-electron chi connectivity index (χ3n) is 2.47. The number of nitro groups is 1. The molecule has 2 aromatic rings. The van der Waals surface area contributed by atoms with Gasteiger partial charge in [0, 0.05) is 17.8 Å². The molecule has 1 N–H and O–H groups in total. The third kappa shape index (κ3) is 2.94. The highest BCUT2D eigenvalue weighted by Gasteiger charge is 2.19. The van der Waals surface area contributed by atoms with Gasteiger partial charge in [0.15, 0.2) is 0 Å². The summed E-state index contributed by atoms with van der Waals surface area (Å²) in [6.45, 7) is 0. The lowest BCUT2D eigenvalue weighted by Crippen LogP contribution is -2.14. The number of halogens is 2. The zero-order valence-electron chi connectivity index (χ0n) is 9.97. The predicted molar refractivity (Wildman–Crippen MR) is 67.4 cm³/mol. The minimum absolute atomic E-state index is 0.120. The molecule has 0 saturated heterocycles. The monoisotopic (exact) mass is 278 g/mol. The van der Waals surface area contributed by atoms with Gasteiger partial charge < -0.3 is 5.32 Å². The topological polar surface area (TPSA) is 72.2 Å². The maximum atomic E-state index is 13.0. The van der Waals surface area contributed by atoms with Crippen molar-refractivity contribution in [3.63, 3.8) is 0 Å². The van der Waals surface area contributed by atoms with Crippen molar-refractivity contribution in [2.75, 3.05) is 5.32 Å². The molecule has 2 rings (SSSR count). The van der Waals surface area contributed by atoms with Gasteiger partial charge in [0.05, 0.1) is 4.92 Å². The third-order valence-corrected chi connectivity index (χ3v) is 2.47. The van der Waals surface area contributed by atoms with Crippen molar-refractivity contribution in [1.82, 2.24) is 0 Å². The molecule has 0 aliphatic heterocycles. The van der Waals surface area contributed by atoms with E-state index in [1.54, 1.807) is 0 Å². The minimum atomic E-state index is -0.858. The second-order valence-corrected chi connectivity index (χ2v) is 3.89. The Bertz CT molecular complexity index is 669. The van der Waals surface area contributed by atoms with Crippen molar-refractivity contribution >= 4 is 17.3 Å². The van der Waals surface area contributed by atoms with Crippen LogP contribution in [-0.2, 0) is 0 Å². The number of carbonyl (C=O) groups excluding carboxylic acids is 1.